The summed E-state index contributed by atoms with van der Waals surface area (Å²) in [6.45, 7) is 4.29. The second kappa shape index (κ2) is 7.59. The summed E-state index contributed by atoms with van der Waals surface area (Å²) in [5, 5.41) is 12.0. The van der Waals surface area contributed by atoms with E-state index in [2.05, 4.69) is 21.2 Å². The molecular formula is C16H21BrN2O4. The first-order valence-electron chi connectivity index (χ1n) is 7.08. The molecule has 1 rings (SSSR count). The summed E-state index contributed by atoms with van der Waals surface area (Å²) < 4.78 is 0.887. The van der Waals surface area contributed by atoms with Crippen molar-refractivity contribution in [3.05, 3.63) is 34.3 Å². The fourth-order valence-corrected chi connectivity index (χ4v) is 2.22. The zero-order valence-corrected chi connectivity index (χ0v) is 15.2. The Hall–Kier alpha value is -1.89. The Bertz CT molecular complexity index is 599. The summed E-state index contributed by atoms with van der Waals surface area (Å²) in [5.74, 6) is -1.71. The summed E-state index contributed by atoms with van der Waals surface area (Å²) in [7, 11) is 1.45. The number of nitrogens with zero attached hydrogens (tertiary/aromatic N) is 1. The third-order valence-electron chi connectivity index (χ3n) is 3.76. The maximum atomic E-state index is 12.4. The van der Waals surface area contributed by atoms with E-state index in [9.17, 15) is 19.5 Å². The highest BCUT2D eigenvalue weighted by molar-refractivity contribution is 9.10. The number of carboxylic acids is 1. The number of amides is 2. The van der Waals surface area contributed by atoms with Gasteiger partial charge in [-0.3, -0.25) is 9.59 Å². The number of nitrogens with one attached hydrogen (secondary N) is 1. The van der Waals surface area contributed by atoms with E-state index >= 15 is 0 Å². The van der Waals surface area contributed by atoms with E-state index in [4.69, 9.17) is 0 Å². The van der Waals surface area contributed by atoms with Gasteiger partial charge in [-0.1, -0.05) is 28.1 Å². The molecule has 7 heteroatoms. The number of benzene rings is 1. The molecule has 0 aliphatic heterocycles. The van der Waals surface area contributed by atoms with Gasteiger partial charge in [0.25, 0.3) is 0 Å². The molecule has 0 radical (unpaired) electrons. The number of carboxylic acid groups (broad SMARTS) is 1. The van der Waals surface area contributed by atoms with Crippen molar-refractivity contribution in [3.8, 4) is 0 Å². The van der Waals surface area contributed by atoms with Gasteiger partial charge in [0.1, 0.15) is 5.54 Å². The monoisotopic (exact) mass is 384 g/mol. The van der Waals surface area contributed by atoms with Crippen LogP contribution in [0, 0.1) is 0 Å². The Morgan fingerprint density at radius 1 is 1.26 bits per heavy atom. The Labute approximate surface area is 144 Å². The van der Waals surface area contributed by atoms with Gasteiger partial charge in [0.05, 0.1) is 12.5 Å². The lowest BCUT2D eigenvalue weighted by Crippen LogP contribution is -2.51. The van der Waals surface area contributed by atoms with Crippen LogP contribution in [-0.4, -0.2) is 40.4 Å². The Morgan fingerprint density at radius 2 is 1.78 bits per heavy atom. The van der Waals surface area contributed by atoms with Crippen LogP contribution in [0.3, 0.4) is 0 Å². The third kappa shape index (κ3) is 5.06. The quantitative estimate of drug-likeness (QED) is 0.787. The standard InChI is InChI=1S/C16H21BrN2O4/c1-10(20)18-13(11-5-7-12(17)8-6-11)9-14(21)19(4)16(2,3)15(22)23/h5-8,13H,9H2,1-4H3,(H,18,20)(H,22,23). The molecule has 0 heterocycles. The maximum Gasteiger partial charge on any atom is 0.329 e. The number of carbonyl (C=O) groups is 3. The van der Waals surface area contributed by atoms with Crippen LogP contribution in [0.15, 0.2) is 28.7 Å². The fourth-order valence-electron chi connectivity index (χ4n) is 1.96. The summed E-state index contributed by atoms with van der Waals surface area (Å²) >= 11 is 3.33. The predicted molar refractivity (Wildman–Crippen MR) is 89.8 cm³/mol. The van der Waals surface area contributed by atoms with Crippen LogP contribution in [0.5, 0.6) is 0 Å². The topological polar surface area (TPSA) is 86.7 Å². The Kier molecular flexibility index (Phi) is 6.32. The molecule has 0 aromatic heterocycles. The minimum absolute atomic E-state index is 0.0194. The summed E-state index contributed by atoms with van der Waals surface area (Å²) in [6, 6.07) is 6.74. The van der Waals surface area contributed by atoms with Gasteiger partial charge < -0.3 is 15.3 Å². The number of rotatable bonds is 6. The summed E-state index contributed by atoms with van der Waals surface area (Å²) in [5.41, 5.74) is -0.546. The highest BCUT2D eigenvalue weighted by Crippen LogP contribution is 2.22. The van der Waals surface area contributed by atoms with Gasteiger partial charge in [0, 0.05) is 18.4 Å². The molecule has 0 aliphatic carbocycles. The lowest BCUT2D eigenvalue weighted by molar-refractivity contribution is -0.155. The van der Waals surface area contributed by atoms with E-state index in [0.717, 1.165) is 10.0 Å². The number of hydrogen-bond donors (Lipinski definition) is 2. The Balaban J connectivity index is 2.97. The first kappa shape index (κ1) is 19.2. The van der Waals surface area contributed by atoms with Gasteiger partial charge in [-0.2, -0.15) is 0 Å². The molecule has 23 heavy (non-hydrogen) atoms. The lowest BCUT2D eigenvalue weighted by Gasteiger charge is -2.32. The molecule has 126 valence electrons. The molecule has 0 aliphatic rings. The van der Waals surface area contributed by atoms with E-state index in [0.29, 0.717) is 0 Å². The van der Waals surface area contributed by atoms with E-state index in [1.165, 1.54) is 32.7 Å². The zero-order chi connectivity index (χ0) is 17.8. The molecule has 1 aromatic rings. The van der Waals surface area contributed by atoms with Crippen molar-refractivity contribution in [1.29, 1.82) is 0 Å². The first-order chi connectivity index (χ1) is 10.6. The molecule has 1 atom stereocenters. The number of aliphatic carboxylic acids is 1. The number of halogens is 1. The maximum absolute atomic E-state index is 12.4. The van der Waals surface area contributed by atoms with Crippen molar-refractivity contribution >= 4 is 33.7 Å². The molecule has 2 amide bonds. The van der Waals surface area contributed by atoms with E-state index < -0.39 is 17.6 Å². The van der Waals surface area contributed by atoms with Crippen molar-refractivity contribution in [2.75, 3.05) is 7.05 Å². The van der Waals surface area contributed by atoms with Crippen LogP contribution in [0.25, 0.3) is 0 Å². The van der Waals surface area contributed by atoms with E-state index in [1.807, 2.05) is 12.1 Å². The van der Waals surface area contributed by atoms with E-state index in [-0.39, 0.29) is 18.2 Å². The van der Waals surface area contributed by atoms with Crippen molar-refractivity contribution < 1.29 is 19.5 Å². The zero-order valence-electron chi connectivity index (χ0n) is 13.6. The predicted octanol–water partition coefficient (Wildman–Crippen LogP) is 2.34. The van der Waals surface area contributed by atoms with Crippen LogP contribution in [-0.2, 0) is 14.4 Å². The van der Waals surface area contributed by atoms with Crippen molar-refractivity contribution in [3.63, 3.8) is 0 Å². The van der Waals surface area contributed by atoms with Crippen LogP contribution < -0.4 is 5.32 Å². The molecule has 0 bridgehead atoms. The van der Waals surface area contributed by atoms with Crippen LogP contribution >= 0.6 is 15.9 Å². The Morgan fingerprint density at radius 3 is 2.22 bits per heavy atom. The summed E-state index contributed by atoms with van der Waals surface area (Å²) in [6.07, 6.45) is -0.0194. The average Bonchev–Trinajstić information content (AvgIpc) is 2.45. The third-order valence-corrected chi connectivity index (χ3v) is 4.29. The van der Waals surface area contributed by atoms with Crippen molar-refractivity contribution in [2.45, 2.75) is 38.8 Å². The number of carbonyl (C=O) groups excluding carboxylic acids is 2. The smallest absolute Gasteiger partial charge is 0.329 e. The van der Waals surface area contributed by atoms with E-state index in [1.54, 1.807) is 12.1 Å². The molecule has 0 saturated carbocycles. The van der Waals surface area contributed by atoms with Gasteiger partial charge in [0.2, 0.25) is 11.8 Å². The number of likely N-dealkylation sites (N-methyl/N-ethyl adjacent to an activating group) is 1. The summed E-state index contributed by atoms with van der Waals surface area (Å²) in [4.78, 5) is 36.3. The second-order valence-corrected chi connectivity index (χ2v) is 6.74. The van der Waals surface area contributed by atoms with Crippen LogP contribution in [0.1, 0.15) is 38.8 Å². The SMILES string of the molecule is CC(=O)NC(CC(=O)N(C)C(C)(C)C(=O)O)c1ccc(Br)cc1. The molecule has 0 spiro atoms. The molecule has 0 fully saturated rings. The van der Waals surface area contributed by atoms with Gasteiger partial charge in [-0.05, 0) is 31.5 Å². The molecule has 1 aromatic carbocycles. The molecule has 2 N–H and O–H groups in total. The van der Waals surface area contributed by atoms with Gasteiger partial charge in [-0.15, -0.1) is 0 Å². The highest BCUT2D eigenvalue weighted by Gasteiger charge is 2.36. The van der Waals surface area contributed by atoms with Crippen LogP contribution in [0.2, 0.25) is 0 Å². The van der Waals surface area contributed by atoms with Crippen LogP contribution in [0.4, 0.5) is 0 Å². The molecule has 1 unspecified atom stereocenters. The van der Waals surface area contributed by atoms with Crippen molar-refractivity contribution in [2.24, 2.45) is 0 Å². The fraction of sp³-hybridized carbons (Fsp3) is 0.438. The minimum atomic E-state index is -1.32. The molecule has 0 saturated heterocycles. The second-order valence-electron chi connectivity index (χ2n) is 5.83. The van der Waals surface area contributed by atoms with Gasteiger partial charge in [0.15, 0.2) is 0 Å². The highest BCUT2D eigenvalue weighted by atomic mass is 79.9. The molecular weight excluding hydrogens is 364 g/mol. The first-order valence-corrected chi connectivity index (χ1v) is 7.87. The largest absolute Gasteiger partial charge is 0.480 e. The normalized spacial score (nSPS) is 12.4. The van der Waals surface area contributed by atoms with Gasteiger partial charge in [-0.25, -0.2) is 4.79 Å². The van der Waals surface area contributed by atoms with Crippen molar-refractivity contribution in [1.82, 2.24) is 10.2 Å². The lowest BCUT2D eigenvalue weighted by atomic mass is 9.99. The van der Waals surface area contributed by atoms with Gasteiger partial charge >= 0.3 is 5.97 Å². The average molecular weight is 385 g/mol. The number of hydrogen-bond acceptors (Lipinski definition) is 3. The minimum Gasteiger partial charge on any atom is -0.480 e. The molecule has 6 nitrogen and oxygen atoms in total.